The van der Waals surface area contributed by atoms with Gasteiger partial charge in [0.25, 0.3) is 0 Å². The second-order valence-electron chi connectivity index (χ2n) is 2.29. The summed E-state index contributed by atoms with van der Waals surface area (Å²) in [4.78, 5) is 0. The molecule has 0 rings (SSSR count). The van der Waals surface area contributed by atoms with Gasteiger partial charge >= 0.3 is 0 Å². The fourth-order valence-electron chi connectivity index (χ4n) is 0.665. The Hall–Kier alpha value is -0.530. The maximum absolute atomic E-state index is 10.9. The molecule has 0 saturated carbocycles. The molecule has 2 N–H and O–H groups in total. The molecular formula is C7H13NO2S. The molecule has 0 aliphatic rings. The third kappa shape index (κ3) is 5.89. The molecule has 4 heteroatoms. The summed E-state index contributed by atoms with van der Waals surface area (Å²) in [5, 5.41) is 0. The van der Waals surface area contributed by atoms with Crippen LogP contribution in [0.5, 0.6) is 0 Å². The van der Waals surface area contributed by atoms with Crippen molar-refractivity contribution in [3.63, 3.8) is 0 Å². The first-order valence-electron chi connectivity index (χ1n) is 3.46. The minimum atomic E-state index is -3.00. The summed E-state index contributed by atoms with van der Waals surface area (Å²) in [5.74, 6) is 2.12. The third-order valence-electron chi connectivity index (χ3n) is 1.21. The number of nitrogens with two attached hydrogens (primary N) is 1. The van der Waals surface area contributed by atoms with Crippen LogP contribution in [0.4, 0.5) is 0 Å². The summed E-state index contributed by atoms with van der Waals surface area (Å²) in [7, 11) is -3.00. The maximum Gasteiger partial charge on any atom is 0.161 e. The van der Waals surface area contributed by atoms with Crippen molar-refractivity contribution in [2.24, 2.45) is 5.73 Å². The zero-order valence-corrected chi connectivity index (χ0v) is 7.23. The van der Waals surface area contributed by atoms with Gasteiger partial charge in [0.15, 0.2) is 9.84 Å². The second-order valence-corrected chi connectivity index (χ2v) is 4.48. The Bertz CT molecular complexity index is 225. The van der Waals surface area contributed by atoms with E-state index in [0.717, 1.165) is 6.42 Å². The van der Waals surface area contributed by atoms with Crippen molar-refractivity contribution in [2.45, 2.75) is 12.8 Å². The largest absolute Gasteiger partial charge is 0.330 e. The summed E-state index contributed by atoms with van der Waals surface area (Å²) >= 11 is 0. The summed E-state index contributed by atoms with van der Waals surface area (Å²) in [6, 6.07) is 0. The lowest BCUT2D eigenvalue weighted by Gasteiger charge is -1.97. The Morgan fingerprint density at radius 3 is 2.45 bits per heavy atom. The number of hydrogen-bond acceptors (Lipinski definition) is 3. The maximum atomic E-state index is 10.9. The minimum absolute atomic E-state index is 0.155. The van der Waals surface area contributed by atoms with Crippen LogP contribution in [0.25, 0.3) is 0 Å². The number of rotatable bonds is 5. The van der Waals surface area contributed by atoms with Crippen molar-refractivity contribution in [2.75, 3.05) is 18.1 Å². The highest BCUT2D eigenvalue weighted by atomic mass is 32.2. The molecule has 0 aromatic carbocycles. The Morgan fingerprint density at radius 1 is 1.36 bits per heavy atom. The first-order valence-corrected chi connectivity index (χ1v) is 5.28. The van der Waals surface area contributed by atoms with Gasteiger partial charge in [-0.3, -0.25) is 0 Å². The van der Waals surface area contributed by atoms with Crippen LogP contribution in [0.3, 0.4) is 0 Å². The lowest BCUT2D eigenvalue weighted by molar-refractivity contribution is 0.595. The van der Waals surface area contributed by atoms with Crippen molar-refractivity contribution in [3.05, 3.63) is 0 Å². The lowest BCUT2D eigenvalue weighted by Crippen LogP contribution is -2.11. The molecule has 0 aliphatic carbocycles. The van der Waals surface area contributed by atoms with Crippen molar-refractivity contribution >= 4 is 9.84 Å². The van der Waals surface area contributed by atoms with Crippen LogP contribution >= 0.6 is 0 Å². The van der Waals surface area contributed by atoms with E-state index in [4.69, 9.17) is 12.2 Å². The lowest BCUT2D eigenvalue weighted by atomic mass is 10.3. The SMILES string of the molecule is C#CCS(=O)(=O)CCCCN. The molecule has 0 heterocycles. The van der Waals surface area contributed by atoms with Gasteiger partial charge in [-0.25, -0.2) is 8.42 Å². The van der Waals surface area contributed by atoms with Gasteiger partial charge in [-0.2, -0.15) is 0 Å². The third-order valence-corrected chi connectivity index (χ3v) is 2.73. The number of hydrogen-bond donors (Lipinski definition) is 1. The molecule has 0 saturated heterocycles. The van der Waals surface area contributed by atoms with Gasteiger partial charge in [0, 0.05) is 0 Å². The van der Waals surface area contributed by atoms with E-state index in [1.54, 1.807) is 0 Å². The molecule has 0 aliphatic heterocycles. The van der Waals surface area contributed by atoms with Crippen LogP contribution in [0.15, 0.2) is 0 Å². The van der Waals surface area contributed by atoms with Crippen molar-refractivity contribution in [1.82, 2.24) is 0 Å². The molecule has 11 heavy (non-hydrogen) atoms. The Balaban J connectivity index is 3.68. The Morgan fingerprint density at radius 2 is 2.00 bits per heavy atom. The van der Waals surface area contributed by atoms with E-state index in [1.165, 1.54) is 0 Å². The first kappa shape index (κ1) is 10.5. The van der Waals surface area contributed by atoms with Gasteiger partial charge in [-0.1, -0.05) is 5.92 Å². The fourth-order valence-corrected chi connectivity index (χ4v) is 1.71. The normalized spacial score (nSPS) is 10.9. The summed E-state index contributed by atoms with van der Waals surface area (Å²) in [5.41, 5.74) is 5.20. The van der Waals surface area contributed by atoms with E-state index in [9.17, 15) is 8.42 Å². The predicted octanol–water partition coefficient (Wildman–Crippen LogP) is -0.227. The average Bonchev–Trinajstić information content (AvgIpc) is 1.87. The highest BCUT2D eigenvalue weighted by molar-refractivity contribution is 7.91. The molecule has 0 radical (unpaired) electrons. The zero-order valence-electron chi connectivity index (χ0n) is 6.41. The second kappa shape index (κ2) is 5.16. The molecule has 0 unspecified atom stereocenters. The van der Waals surface area contributed by atoms with Gasteiger partial charge < -0.3 is 5.73 Å². The molecule has 64 valence electrons. The number of sulfone groups is 1. The van der Waals surface area contributed by atoms with Crippen LogP contribution in [-0.4, -0.2) is 26.5 Å². The molecule has 0 aromatic rings. The van der Waals surface area contributed by atoms with E-state index < -0.39 is 9.84 Å². The average molecular weight is 175 g/mol. The van der Waals surface area contributed by atoms with E-state index in [-0.39, 0.29) is 11.5 Å². The van der Waals surface area contributed by atoms with Gasteiger partial charge in [-0.05, 0) is 19.4 Å². The van der Waals surface area contributed by atoms with Crippen LogP contribution in [-0.2, 0) is 9.84 Å². The van der Waals surface area contributed by atoms with Crippen LogP contribution in [0.2, 0.25) is 0 Å². The number of unbranched alkanes of at least 4 members (excludes halogenated alkanes) is 1. The molecule has 0 atom stereocenters. The van der Waals surface area contributed by atoms with Gasteiger partial charge in [0.2, 0.25) is 0 Å². The molecule has 0 aromatic heterocycles. The highest BCUT2D eigenvalue weighted by Crippen LogP contribution is 1.95. The molecule has 0 spiro atoms. The number of terminal acetylenes is 1. The Labute approximate surface area is 67.9 Å². The zero-order chi connectivity index (χ0) is 8.74. The fraction of sp³-hybridized carbons (Fsp3) is 0.714. The van der Waals surface area contributed by atoms with Gasteiger partial charge in [-0.15, -0.1) is 6.42 Å². The molecule has 0 bridgehead atoms. The van der Waals surface area contributed by atoms with Crippen LogP contribution in [0.1, 0.15) is 12.8 Å². The topological polar surface area (TPSA) is 60.2 Å². The quantitative estimate of drug-likeness (QED) is 0.464. The van der Waals surface area contributed by atoms with E-state index in [0.29, 0.717) is 13.0 Å². The monoisotopic (exact) mass is 175 g/mol. The van der Waals surface area contributed by atoms with E-state index in [1.807, 2.05) is 0 Å². The molecule has 3 nitrogen and oxygen atoms in total. The Kier molecular flexibility index (Phi) is 4.92. The van der Waals surface area contributed by atoms with Crippen molar-refractivity contribution in [1.29, 1.82) is 0 Å². The molecule has 0 fully saturated rings. The first-order chi connectivity index (χ1) is 5.12. The highest BCUT2D eigenvalue weighted by Gasteiger charge is 2.06. The van der Waals surface area contributed by atoms with Gasteiger partial charge in [0.1, 0.15) is 5.75 Å². The summed E-state index contributed by atoms with van der Waals surface area (Å²) in [6.07, 6.45) is 6.22. The van der Waals surface area contributed by atoms with Gasteiger partial charge in [0.05, 0.1) is 5.75 Å². The van der Waals surface area contributed by atoms with Crippen LogP contribution < -0.4 is 5.73 Å². The predicted molar refractivity (Wildman–Crippen MR) is 45.8 cm³/mol. The summed E-state index contributed by atoms with van der Waals surface area (Å²) < 4.78 is 21.8. The van der Waals surface area contributed by atoms with E-state index >= 15 is 0 Å². The van der Waals surface area contributed by atoms with Crippen LogP contribution in [0, 0.1) is 12.3 Å². The standard InChI is InChI=1S/C7H13NO2S/c1-2-6-11(9,10)7-4-3-5-8/h1H,3-8H2. The van der Waals surface area contributed by atoms with Crippen molar-refractivity contribution in [3.8, 4) is 12.3 Å². The molecular weight excluding hydrogens is 162 g/mol. The summed E-state index contributed by atoms with van der Waals surface area (Å²) in [6.45, 7) is 0.533. The molecule has 0 amide bonds. The van der Waals surface area contributed by atoms with E-state index in [2.05, 4.69) is 5.92 Å². The minimum Gasteiger partial charge on any atom is -0.330 e. The van der Waals surface area contributed by atoms with Crippen molar-refractivity contribution < 1.29 is 8.42 Å². The smallest absolute Gasteiger partial charge is 0.161 e.